The van der Waals surface area contributed by atoms with Crippen LogP contribution in [0.3, 0.4) is 0 Å². The fraction of sp³-hybridized carbons (Fsp3) is 0.714. The lowest BCUT2D eigenvalue weighted by atomic mass is 9.96. The molecule has 0 N–H and O–H groups in total. The van der Waals surface area contributed by atoms with Gasteiger partial charge >= 0.3 is 0 Å². The quantitative estimate of drug-likeness (QED) is 0.727. The van der Waals surface area contributed by atoms with Gasteiger partial charge < -0.3 is 4.90 Å². The highest BCUT2D eigenvalue weighted by atomic mass is 35.5. The Bertz CT molecular complexity index is 439. The van der Waals surface area contributed by atoms with E-state index < -0.39 is 0 Å². The highest BCUT2D eigenvalue weighted by molar-refractivity contribution is 6.29. The van der Waals surface area contributed by atoms with Crippen molar-refractivity contribution in [1.29, 1.82) is 0 Å². The summed E-state index contributed by atoms with van der Waals surface area (Å²) in [6, 6.07) is 2.41. The zero-order valence-corrected chi connectivity index (χ0v) is 12.6. The van der Waals surface area contributed by atoms with Crippen LogP contribution in [0.15, 0.2) is 6.07 Å². The molecule has 3 nitrogen and oxygen atoms in total. The monoisotopic (exact) mass is 267 g/mol. The van der Waals surface area contributed by atoms with Gasteiger partial charge in [-0.15, -0.1) is 0 Å². The lowest BCUT2D eigenvalue weighted by Gasteiger charge is -2.25. The third kappa shape index (κ3) is 2.77. The third-order valence-corrected chi connectivity index (χ3v) is 3.62. The molecule has 0 spiro atoms. The molecule has 2 unspecified atom stereocenters. The van der Waals surface area contributed by atoms with E-state index in [1.165, 1.54) is 6.42 Å². The molecule has 0 aromatic carbocycles. The molecular formula is C14H22ClN3. The van der Waals surface area contributed by atoms with Crippen molar-refractivity contribution < 1.29 is 0 Å². The Morgan fingerprint density at radius 2 is 1.94 bits per heavy atom. The van der Waals surface area contributed by atoms with Crippen LogP contribution >= 0.6 is 11.6 Å². The minimum Gasteiger partial charge on any atom is -0.353 e. The molecule has 18 heavy (non-hydrogen) atoms. The SMILES string of the molecule is CC1CC(C)N(c2cc(Cl)nc(C(C)(C)C)n2)C1. The first-order valence-electron chi connectivity index (χ1n) is 6.59. The van der Waals surface area contributed by atoms with Crippen LogP contribution in [-0.2, 0) is 5.41 Å². The fourth-order valence-electron chi connectivity index (χ4n) is 2.51. The second-order valence-corrected chi connectivity index (χ2v) is 6.85. The summed E-state index contributed by atoms with van der Waals surface area (Å²) >= 11 is 6.14. The lowest BCUT2D eigenvalue weighted by Crippen LogP contribution is -2.29. The zero-order chi connectivity index (χ0) is 13.5. The Morgan fingerprint density at radius 3 is 2.44 bits per heavy atom. The molecule has 1 fully saturated rings. The van der Waals surface area contributed by atoms with Crippen LogP contribution in [0.1, 0.15) is 46.9 Å². The van der Waals surface area contributed by atoms with E-state index in [-0.39, 0.29) is 5.41 Å². The first kappa shape index (κ1) is 13.6. The summed E-state index contributed by atoms with van der Waals surface area (Å²) in [5, 5.41) is 0.539. The van der Waals surface area contributed by atoms with Crippen LogP contribution in [-0.4, -0.2) is 22.6 Å². The number of hydrogen-bond acceptors (Lipinski definition) is 3. The maximum absolute atomic E-state index is 6.14. The first-order valence-corrected chi connectivity index (χ1v) is 6.97. The standard InChI is InChI=1S/C14H22ClN3/c1-9-6-10(2)18(8-9)12-7-11(15)16-13(17-12)14(3,4)5/h7,9-10H,6,8H2,1-5H3. The van der Waals surface area contributed by atoms with Crippen molar-refractivity contribution in [2.45, 2.75) is 52.5 Å². The third-order valence-electron chi connectivity index (χ3n) is 3.43. The van der Waals surface area contributed by atoms with Gasteiger partial charge in [0.25, 0.3) is 0 Å². The minimum atomic E-state index is -0.0752. The average molecular weight is 268 g/mol. The van der Waals surface area contributed by atoms with Crippen LogP contribution in [0, 0.1) is 5.92 Å². The number of nitrogens with zero attached hydrogens (tertiary/aromatic N) is 3. The molecule has 4 heteroatoms. The average Bonchev–Trinajstić information content (AvgIpc) is 2.55. The summed E-state index contributed by atoms with van der Waals surface area (Å²) in [6.45, 7) is 11.9. The molecule has 1 aromatic heterocycles. The maximum atomic E-state index is 6.14. The number of hydrogen-bond donors (Lipinski definition) is 0. The largest absolute Gasteiger partial charge is 0.353 e. The molecule has 100 valence electrons. The van der Waals surface area contributed by atoms with E-state index in [0.717, 1.165) is 18.2 Å². The summed E-state index contributed by atoms with van der Waals surface area (Å²) in [5.41, 5.74) is -0.0752. The molecule has 2 atom stereocenters. The smallest absolute Gasteiger partial charge is 0.137 e. The minimum absolute atomic E-state index is 0.0752. The fourth-order valence-corrected chi connectivity index (χ4v) is 2.69. The van der Waals surface area contributed by atoms with Gasteiger partial charge in [0.05, 0.1) is 0 Å². The van der Waals surface area contributed by atoms with Crippen molar-refractivity contribution in [2.75, 3.05) is 11.4 Å². The number of anilines is 1. The van der Waals surface area contributed by atoms with E-state index in [9.17, 15) is 0 Å². The van der Waals surface area contributed by atoms with Gasteiger partial charge in [-0.3, -0.25) is 0 Å². The predicted molar refractivity (Wildman–Crippen MR) is 76.3 cm³/mol. The molecule has 1 aliphatic rings. The van der Waals surface area contributed by atoms with Crippen molar-refractivity contribution in [3.8, 4) is 0 Å². The van der Waals surface area contributed by atoms with Crippen LogP contribution in [0.5, 0.6) is 0 Å². The summed E-state index contributed by atoms with van der Waals surface area (Å²) in [5.74, 6) is 2.50. The zero-order valence-electron chi connectivity index (χ0n) is 11.9. The van der Waals surface area contributed by atoms with Crippen molar-refractivity contribution in [3.63, 3.8) is 0 Å². The van der Waals surface area contributed by atoms with Gasteiger partial charge in [0, 0.05) is 24.1 Å². The second-order valence-electron chi connectivity index (χ2n) is 6.46. The number of rotatable bonds is 1. The molecule has 1 aliphatic heterocycles. The predicted octanol–water partition coefficient (Wildman–Crippen LogP) is 3.66. The molecule has 1 saturated heterocycles. The maximum Gasteiger partial charge on any atom is 0.137 e. The van der Waals surface area contributed by atoms with Crippen molar-refractivity contribution >= 4 is 17.4 Å². The van der Waals surface area contributed by atoms with Crippen LogP contribution in [0.2, 0.25) is 5.15 Å². The molecule has 0 radical (unpaired) electrons. The number of halogens is 1. The van der Waals surface area contributed by atoms with E-state index in [1.54, 1.807) is 0 Å². The number of aromatic nitrogens is 2. The molecule has 0 saturated carbocycles. The van der Waals surface area contributed by atoms with Gasteiger partial charge in [-0.05, 0) is 19.3 Å². The summed E-state index contributed by atoms with van der Waals surface area (Å²) in [4.78, 5) is 11.4. The molecule has 1 aromatic rings. The van der Waals surface area contributed by atoms with E-state index in [1.807, 2.05) is 6.07 Å². The summed E-state index contributed by atoms with van der Waals surface area (Å²) in [7, 11) is 0. The van der Waals surface area contributed by atoms with Gasteiger partial charge in [0.2, 0.25) is 0 Å². The molecular weight excluding hydrogens is 246 g/mol. The van der Waals surface area contributed by atoms with Crippen molar-refractivity contribution in [1.82, 2.24) is 9.97 Å². The Morgan fingerprint density at radius 1 is 1.28 bits per heavy atom. The highest BCUT2D eigenvalue weighted by Gasteiger charge is 2.28. The van der Waals surface area contributed by atoms with Gasteiger partial charge in [-0.25, -0.2) is 9.97 Å². The Labute approximate surface area is 115 Å². The Kier molecular flexibility index (Phi) is 3.54. The van der Waals surface area contributed by atoms with E-state index >= 15 is 0 Å². The van der Waals surface area contributed by atoms with Crippen LogP contribution in [0.25, 0.3) is 0 Å². The van der Waals surface area contributed by atoms with Gasteiger partial charge in [0.15, 0.2) is 0 Å². The van der Waals surface area contributed by atoms with E-state index in [4.69, 9.17) is 16.6 Å². The Hall–Kier alpha value is -0.830. The van der Waals surface area contributed by atoms with E-state index in [0.29, 0.717) is 17.1 Å². The topological polar surface area (TPSA) is 29.0 Å². The molecule has 0 aliphatic carbocycles. The second kappa shape index (κ2) is 4.69. The Balaban J connectivity index is 2.37. The summed E-state index contributed by atoms with van der Waals surface area (Å²) in [6.07, 6.45) is 1.21. The normalized spacial score (nSPS) is 24.7. The summed E-state index contributed by atoms with van der Waals surface area (Å²) < 4.78 is 0. The first-order chi connectivity index (χ1) is 8.27. The van der Waals surface area contributed by atoms with Gasteiger partial charge in [-0.2, -0.15) is 0 Å². The lowest BCUT2D eigenvalue weighted by molar-refractivity contribution is 0.543. The molecule has 0 bridgehead atoms. The van der Waals surface area contributed by atoms with E-state index in [2.05, 4.69) is 44.5 Å². The van der Waals surface area contributed by atoms with Crippen molar-refractivity contribution in [3.05, 3.63) is 17.0 Å². The van der Waals surface area contributed by atoms with Crippen LogP contribution < -0.4 is 4.90 Å². The van der Waals surface area contributed by atoms with Gasteiger partial charge in [0.1, 0.15) is 16.8 Å². The van der Waals surface area contributed by atoms with Gasteiger partial charge in [-0.1, -0.05) is 39.3 Å². The van der Waals surface area contributed by atoms with Crippen LogP contribution in [0.4, 0.5) is 5.82 Å². The molecule has 0 amide bonds. The molecule has 2 rings (SSSR count). The molecule has 2 heterocycles. The highest BCUT2D eigenvalue weighted by Crippen LogP contribution is 2.30. The van der Waals surface area contributed by atoms with Crippen molar-refractivity contribution in [2.24, 2.45) is 5.92 Å².